The SMILES string of the molecule is CCC1(C)CSC(Nc2cc(Br)ccc2Cl)=N1. The molecule has 1 aliphatic rings. The fourth-order valence-corrected chi connectivity index (χ4v) is 3.20. The van der Waals surface area contributed by atoms with E-state index in [1.165, 1.54) is 0 Å². The molecule has 1 aromatic carbocycles. The van der Waals surface area contributed by atoms with Gasteiger partial charge in [0.2, 0.25) is 0 Å². The average molecular weight is 334 g/mol. The summed E-state index contributed by atoms with van der Waals surface area (Å²) in [5.74, 6) is 1.03. The van der Waals surface area contributed by atoms with Gasteiger partial charge in [-0.3, -0.25) is 4.99 Å². The van der Waals surface area contributed by atoms with Crippen LogP contribution < -0.4 is 5.32 Å². The van der Waals surface area contributed by atoms with Crippen LogP contribution in [0.5, 0.6) is 0 Å². The molecule has 1 N–H and O–H groups in total. The number of aliphatic imine (C=N–C) groups is 1. The first-order valence-electron chi connectivity index (χ1n) is 5.47. The molecule has 0 aliphatic carbocycles. The number of nitrogens with one attached hydrogen (secondary N) is 1. The van der Waals surface area contributed by atoms with E-state index in [9.17, 15) is 0 Å². The summed E-state index contributed by atoms with van der Waals surface area (Å²) in [5, 5.41) is 4.95. The van der Waals surface area contributed by atoms with Gasteiger partial charge >= 0.3 is 0 Å². The molecular formula is C12H14BrClN2S. The molecule has 17 heavy (non-hydrogen) atoms. The van der Waals surface area contributed by atoms with E-state index in [-0.39, 0.29) is 5.54 Å². The van der Waals surface area contributed by atoms with Gasteiger partial charge in [-0.2, -0.15) is 0 Å². The third-order valence-electron chi connectivity index (χ3n) is 2.82. The van der Waals surface area contributed by atoms with Crippen LogP contribution >= 0.6 is 39.3 Å². The van der Waals surface area contributed by atoms with Crippen molar-refractivity contribution in [2.24, 2.45) is 4.99 Å². The van der Waals surface area contributed by atoms with Crippen molar-refractivity contribution in [2.45, 2.75) is 25.8 Å². The Morgan fingerprint density at radius 1 is 1.59 bits per heavy atom. The van der Waals surface area contributed by atoms with Gasteiger partial charge in [0.25, 0.3) is 0 Å². The van der Waals surface area contributed by atoms with Gasteiger partial charge in [0, 0.05) is 10.2 Å². The third-order valence-corrected chi connectivity index (χ3v) is 4.88. The van der Waals surface area contributed by atoms with E-state index < -0.39 is 0 Å². The minimum Gasteiger partial charge on any atom is -0.334 e. The van der Waals surface area contributed by atoms with E-state index in [1.54, 1.807) is 11.8 Å². The Morgan fingerprint density at radius 3 is 3.00 bits per heavy atom. The molecule has 0 aromatic heterocycles. The van der Waals surface area contributed by atoms with Gasteiger partial charge in [-0.1, -0.05) is 46.2 Å². The van der Waals surface area contributed by atoms with Crippen LogP contribution in [0.3, 0.4) is 0 Å². The topological polar surface area (TPSA) is 24.4 Å². The van der Waals surface area contributed by atoms with Crippen molar-refractivity contribution in [3.63, 3.8) is 0 Å². The quantitative estimate of drug-likeness (QED) is 0.842. The van der Waals surface area contributed by atoms with E-state index >= 15 is 0 Å². The minimum atomic E-state index is 0.0610. The van der Waals surface area contributed by atoms with E-state index in [2.05, 4.69) is 35.1 Å². The van der Waals surface area contributed by atoms with E-state index in [1.807, 2.05) is 18.2 Å². The highest BCUT2D eigenvalue weighted by atomic mass is 79.9. The van der Waals surface area contributed by atoms with Crippen molar-refractivity contribution in [3.8, 4) is 0 Å². The van der Waals surface area contributed by atoms with Gasteiger partial charge in [-0.25, -0.2) is 0 Å². The fraction of sp³-hybridized carbons (Fsp3) is 0.417. The zero-order chi connectivity index (χ0) is 12.5. The normalized spacial score (nSPS) is 23.6. The number of thioether (sulfide) groups is 1. The standard InChI is InChI=1S/C12H14BrClN2S/c1-3-12(2)7-17-11(16-12)15-10-6-8(13)4-5-9(10)14/h4-6H,3,7H2,1-2H3,(H,15,16). The van der Waals surface area contributed by atoms with Crippen LogP contribution in [0.1, 0.15) is 20.3 Å². The lowest BCUT2D eigenvalue weighted by Gasteiger charge is -2.15. The fourth-order valence-electron chi connectivity index (χ4n) is 1.49. The second-order valence-corrected chi connectivity index (χ2v) is 6.59. The van der Waals surface area contributed by atoms with Gasteiger partial charge in [0.15, 0.2) is 5.17 Å². The van der Waals surface area contributed by atoms with Gasteiger partial charge < -0.3 is 5.32 Å². The number of amidine groups is 1. The highest BCUT2D eigenvalue weighted by Gasteiger charge is 2.28. The molecule has 1 aliphatic heterocycles. The van der Waals surface area contributed by atoms with E-state index in [0.717, 1.165) is 27.5 Å². The number of benzene rings is 1. The lowest BCUT2D eigenvalue weighted by Crippen LogP contribution is -2.20. The highest BCUT2D eigenvalue weighted by molar-refractivity contribution is 9.10. The molecule has 0 saturated carbocycles. The van der Waals surface area contributed by atoms with Gasteiger partial charge in [-0.05, 0) is 31.5 Å². The van der Waals surface area contributed by atoms with Crippen LogP contribution in [-0.4, -0.2) is 16.5 Å². The van der Waals surface area contributed by atoms with Crippen molar-refractivity contribution in [1.29, 1.82) is 0 Å². The molecule has 1 heterocycles. The van der Waals surface area contributed by atoms with Crippen LogP contribution in [0.4, 0.5) is 5.69 Å². The maximum absolute atomic E-state index is 6.13. The van der Waals surface area contributed by atoms with E-state index in [4.69, 9.17) is 16.6 Å². The molecule has 2 nitrogen and oxygen atoms in total. The van der Waals surface area contributed by atoms with Crippen LogP contribution in [0.25, 0.3) is 0 Å². The second-order valence-electron chi connectivity index (χ2n) is 4.31. The lowest BCUT2D eigenvalue weighted by molar-refractivity contribution is 0.523. The van der Waals surface area contributed by atoms with Crippen LogP contribution in [0, 0.1) is 0 Å². The number of hydrogen-bond donors (Lipinski definition) is 1. The summed E-state index contributed by atoms with van der Waals surface area (Å²) in [6.45, 7) is 4.34. The largest absolute Gasteiger partial charge is 0.334 e. The van der Waals surface area contributed by atoms with Crippen molar-refractivity contribution in [3.05, 3.63) is 27.7 Å². The summed E-state index contributed by atoms with van der Waals surface area (Å²) in [7, 11) is 0. The Hall–Kier alpha value is -0.190. The number of rotatable bonds is 2. The Kier molecular flexibility index (Phi) is 4.06. The van der Waals surface area contributed by atoms with Gasteiger partial charge in [0.1, 0.15) is 0 Å². The van der Waals surface area contributed by atoms with Gasteiger partial charge in [0.05, 0.1) is 16.2 Å². The van der Waals surface area contributed by atoms with Crippen LogP contribution in [0.2, 0.25) is 5.02 Å². The summed E-state index contributed by atoms with van der Waals surface area (Å²) >= 11 is 11.3. The monoisotopic (exact) mass is 332 g/mol. The molecule has 0 spiro atoms. The van der Waals surface area contributed by atoms with Crippen molar-refractivity contribution in [2.75, 3.05) is 11.1 Å². The average Bonchev–Trinajstić information content (AvgIpc) is 2.67. The number of anilines is 1. The number of halogens is 2. The Balaban J connectivity index is 2.17. The molecule has 0 bridgehead atoms. The molecule has 0 saturated heterocycles. The maximum Gasteiger partial charge on any atom is 0.161 e. The second kappa shape index (κ2) is 5.21. The first-order chi connectivity index (χ1) is 8.02. The zero-order valence-corrected chi connectivity index (χ0v) is 12.9. The molecule has 1 atom stereocenters. The Labute approximate surface area is 119 Å². The summed E-state index contributed by atoms with van der Waals surface area (Å²) < 4.78 is 1.01. The van der Waals surface area contributed by atoms with Crippen molar-refractivity contribution >= 4 is 50.1 Å². The zero-order valence-electron chi connectivity index (χ0n) is 9.76. The summed E-state index contributed by atoms with van der Waals surface area (Å²) in [4.78, 5) is 4.70. The molecular weight excluding hydrogens is 320 g/mol. The smallest absolute Gasteiger partial charge is 0.161 e. The lowest BCUT2D eigenvalue weighted by atomic mass is 10.0. The Bertz CT molecular complexity index is 464. The summed E-state index contributed by atoms with van der Waals surface area (Å²) in [6, 6.07) is 5.76. The van der Waals surface area contributed by atoms with Gasteiger partial charge in [-0.15, -0.1) is 0 Å². The molecule has 1 aromatic rings. The molecule has 0 fully saturated rings. The van der Waals surface area contributed by atoms with Crippen molar-refractivity contribution < 1.29 is 0 Å². The van der Waals surface area contributed by atoms with Crippen LogP contribution in [-0.2, 0) is 0 Å². The first kappa shape index (κ1) is 13.2. The maximum atomic E-state index is 6.13. The molecule has 5 heteroatoms. The number of hydrogen-bond acceptors (Lipinski definition) is 3. The molecule has 1 unspecified atom stereocenters. The molecule has 92 valence electrons. The predicted molar refractivity (Wildman–Crippen MR) is 81.4 cm³/mol. The predicted octanol–water partition coefficient (Wildman–Crippen LogP) is 4.79. The summed E-state index contributed by atoms with van der Waals surface area (Å²) in [5.41, 5.74) is 0.957. The van der Waals surface area contributed by atoms with Crippen LogP contribution in [0.15, 0.2) is 27.7 Å². The third kappa shape index (κ3) is 3.18. The summed E-state index contributed by atoms with van der Waals surface area (Å²) in [6.07, 6.45) is 1.05. The highest BCUT2D eigenvalue weighted by Crippen LogP contribution is 2.33. The first-order valence-corrected chi connectivity index (χ1v) is 7.63. The molecule has 0 amide bonds. The van der Waals surface area contributed by atoms with E-state index in [0.29, 0.717) is 5.02 Å². The molecule has 2 rings (SSSR count). The minimum absolute atomic E-state index is 0.0610. The number of nitrogens with zero attached hydrogens (tertiary/aromatic N) is 1. The Morgan fingerprint density at radius 2 is 2.35 bits per heavy atom. The molecule has 0 radical (unpaired) electrons. The van der Waals surface area contributed by atoms with Crippen molar-refractivity contribution in [1.82, 2.24) is 0 Å².